The van der Waals surface area contributed by atoms with Gasteiger partial charge in [0.2, 0.25) is 0 Å². The van der Waals surface area contributed by atoms with Crippen molar-refractivity contribution in [3.63, 3.8) is 0 Å². The van der Waals surface area contributed by atoms with E-state index in [1.165, 1.54) is 20.1 Å². The molecule has 1 aliphatic rings. The number of allylic oxidation sites excluding steroid dienone is 1. The molecule has 0 aromatic heterocycles. The van der Waals surface area contributed by atoms with Crippen molar-refractivity contribution < 1.29 is 19.7 Å². The van der Waals surface area contributed by atoms with Crippen LogP contribution in [0.5, 0.6) is 11.5 Å². The number of fused-ring (bicyclic) bond motifs is 1. The van der Waals surface area contributed by atoms with E-state index in [0.29, 0.717) is 27.6 Å². The highest BCUT2D eigenvalue weighted by molar-refractivity contribution is 6.36. The summed E-state index contributed by atoms with van der Waals surface area (Å²) in [6.07, 6.45) is 0. The average molecular weight is 332 g/mol. The van der Waals surface area contributed by atoms with Crippen LogP contribution in [0.25, 0.3) is 16.7 Å². The molecule has 0 spiro atoms. The Labute approximate surface area is 137 Å². The number of halogens is 1. The van der Waals surface area contributed by atoms with Crippen LogP contribution in [0.3, 0.4) is 0 Å². The number of carbonyl (C=O) groups is 1. The van der Waals surface area contributed by atoms with Gasteiger partial charge in [0.25, 0.3) is 5.91 Å². The minimum atomic E-state index is -0.364. The summed E-state index contributed by atoms with van der Waals surface area (Å²) in [5.41, 5.74) is 2.75. The van der Waals surface area contributed by atoms with Crippen molar-refractivity contribution in [1.29, 1.82) is 0 Å². The molecule has 2 aromatic rings. The van der Waals surface area contributed by atoms with Gasteiger partial charge in [0.1, 0.15) is 5.76 Å². The molecule has 0 aliphatic carbocycles. The summed E-state index contributed by atoms with van der Waals surface area (Å²) in [7, 11) is 1.46. The number of amides is 1. The van der Waals surface area contributed by atoms with Crippen LogP contribution in [0.4, 0.5) is 5.69 Å². The molecule has 0 atom stereocenters. The first-order chi connectivity index (χ1) is 10.9. The molecule has 6 heteroatoms. The van der Waals surface area contributed by atoms with Gasteiger partial charge in [0.05, 0.1) is 23.4 Å². The van der Waals surface area contributed by atoms with E-state index in [4.69, 9.17) is 16.3 Å². The van der Waals surface area contributed by atoms with Crippen molar-refractivity contribution in [3.05, 3.63) is 46.7 Å². The van der Waals surface area contributed by atoms with E-state index in [-0.39, 0.29) is 23.0 Å². The van der Waals surface area contributed by atoms with Crippen LogP contribution in [0.2, 0.25) is 5.02 Å². The molecule has 3 N–H and O–H groups in total. The van der Waals surface area contributed by atoms with E-state index in [2.05, 4.69) is 5.32 Å². The van der Waals surface area contributed by atoms with Gasteiger partial charge in [-0.05, 0) is 36.8 Å². The SMILES string of the molecule is COc1cc(-c2cc3c(cc2Cl)NC(=O)/C3=C(\C)O)ccc1O. The zero-order chi connectivity index (χ0) is 16.7. The number of aromatic hydroxyl groups is 1. The second-order valence-electron chi connectivity index (χ2n) is 5.18. The molecule has 0 saturated carbocycles. The Balaban J connectivity index is 2.20. The van der Waals surface area contributed by atoms with Crippen molar-refractivity contribution >= 4 is 28.8 Å². The zero-order valence-electron chi connectivity index (χ0n) is 12.5. The molecule has 23 heavy (non-hydrogen) atoms. The van der Waals surface area contributed by atoms with Crippen LogP contribution in [0.1, 0.15) is 12.5 Å². The Bertz CT molecular complexity index is 854. The van der Waals surface area contributed by atoms with E-state index < -0.39 is 0 Å². The highest BCUT2D eigenvalue weighted by atomic mass is 35.5. The van der Waals surface area contributed by atoms with Crippen LogP contribution < -0.4 is 10.1 Å². The number of carbonyl (C=O) groups excluding carboxylic acids is 1. The monoisotopic (exact) mass is 331 g/mol. The Morgan fingerprint density at radius 3 is 2.61 bits per heavy atom. The topological polar surface area (TPSA) is 78.8 Å². The quantitative estimate of drug-likeness (QED) is 0.575. The predicted octanol–water partition coefficient (Wildman–Crippen LogP) is 3.96. The van der Waals surface area contributed by atoms with E-state index in [1.54, 1.807) is 24.3 Å². The number of aliphatic hydroxyl groups is 1. The second kappa shape index (κ2) is 5.52. The molecule has 118 valence electrons. The van der Waals surface area contributed by atoms with Gasteiger partial charge in [-0.1, -0.05) is 17.7 Å². The fourth-order valence-electron chi connectivity index (χ4n) is 2.62. The normalized spacial score (nSPS) is 15.2. The fraction of sp³-hybridized carbons (Fsp3) is 0.118. The number of phenols is 1. The predicted molar refractivity (Wildman–Crippen MR) is 89.0 cm³/mol. The number of phenolic OH excluding ortho intramolecular Hbond substituents is 1. The van der Waals surface area contributed by atoms with Crippen molar-refractivity contribution in [2.24, 2.45) is 0 Å². The smallest absolute Gasteiger partial charge is 0.259 e. The molecule has 0 fully saturated rings. The van der Waals surface area contributed by atoms with E-state index in [1.807, 2.05) is 0 Å². The van der Waals surface area contributed by atoms with Gasteiger partial charge >= 0.3 is 0 Å². The van der Waals surface area contributed by atoms with E-state index >= 15 is 0 Å². The fourth-order valence-corrected chi connectivity index (χ4v) is 2.89. The number of methoxy groups -OCH3 is 1. The molecule has 5 nitrogen and oxygen atoms in total. The molecule has 2 aromatic carbocycles. The first-order valence-corrected chi connectivity index (χ1v) is 7.22. The molecular weight excluding hydrogens is 318 g/mol. The first-order valence-electron chi connectivity index (χ1n) is 6.85. The van der Waals surface area contributed by atoms with Crippen LogP contribution in [-0.4, -0.2) is 23.2 Å². The summed E-state index contributed by atoms with van der Waals surface area (Å²) < 4.78 is 5.11. The molecule has 0 radical (unpaired) electrons. The van der Waals surface area contributed by atoms with Crippen molar-refractivity contribution in [2.45, 2.75) is 6.92 Å². The van der Waals surface area contributed by atoms with Crippen molar-refractivity contribution in [2.75, 3.05) is 12.4 Å². The van der Waals surface area contributed by atoms with E-state index in [9.17, 15) is 15.0 Å². The summed E-state index contributed by atoms with van der Waals surface area (Å²) in [4.78, 5) is 12.0. The third-order valence-corrected chi connectivity index (χ3v) is 4.02. The molecular formula is C17H14ClNO4. The summed E-state index contributed by atoms with van der Waals surface area (Å²) in [6, 6.07) is 8.23. The lowest BCUT2D eigenvalue weighted by atomic mass is 9.98. The third kappa shape index (κ3) is 2.49. The van der Waals surface area contributed by atoms with Gasteiger partial charge in [-0.15, -0.1) is 0 Å². The Morgan fingerprint density at radius 1 is 1.22 bits per heavy atom. The second-order valence-corrected chi connectivity index (χ2v) is 5.59. The number of ether oxygens (including phenoxy) is 1. The number of rotatable bonds is 2. The summed E-state index contributed by atoms with van der Waals surface area (Å²) in [5, 5.41) is 22.6. The van der Waals surface area contributed by atoms with Crippen LogP contribution >= 0.6 is 11.6 Å². The number of benzene rings is 2. The Hall–Kier alpha value is -2.66. The minimum absolute atomic E-state index is 0.0252. The lowest BCUT2D eigenvalue weighted by Crippen LogP contribution is -2.05. The third-order valence-electron chi connectivity index (χ3n) is 3.70. The Morgan fingerprint density at radius 2 is 1.96 bits per heavy atom. The zero-order valence-corrected chi connectivity index (χ0v) is 13.2. The van der Waals surface area contributed by atoms with Gasteiger partial charge in [-0.25, -0.2) is 0 Å². The molecule has 0 unspecified atom stereocenters. The van der Waals surface area contributed by atoms with Gasteiger partial charge < -0.3 is 20.3 Å². The van der Waals surface area contributed by atoms with E-state index in [0.717, 1.165) is 5.56 Å². The van der Waals surface area contributed by atoms with Crippen molar-refractivity contribution in [1.82, 2.24) is 0 Å². The van der Waals surface area contributed by atoms with Gasteiger partial charge in [-0.2, -0.15) is 0 Å². The summed E-state index contributed by atoms with van der Waals surface area (Å²) in [5.74, 6) is -0.0751. The number of anilines is 1. The maximum Gasteiger partial charge on any atom is 0.259 e. The average Bonchev–Trinajstić information content (AvgIpc) is 2.82. The lowest BCUT2D eigenvalue weighted by Gasteiger charge is -2.10. The number of hydrogen-bond donors (Lipinski definition) is 3. The molecule has 1 amide bonds. The van der Waals surface area contributed by atoms with Crippen LogP contribution in [-0.2, 0) is 4.79 Å². The highest BCUT2D eigenvalue weighted by Gasteiger charge is 2.28. The minimum Gasteiger partial charge on any atom is -0.512 e. The highest BCUT2D eigenvalue weighted by Crippen LogP contribution is 2.42. The summed E-state index contributed by atoms with van der Waals surface area (Å²) >= 11 is 6.32. The molecule has 0 bridgehead atoms. The first kappa shape index (κ1) is 15.2. The van der Waals surface area contributed by atoms with Crippen LogP contribution in [0.15, 0.2) is 36.1 Å². The Kier molecular flexibility index (Phi) is 3.66. The number of hydrogen-bond acceptors (Lipinski definition) is 4. The molecule has 1 heterocycles. The van der Waals surface area contributed by atoms with Crippen molar-refractivity contribution in [3.8, 4) is 22.6 Å². The van der Waals surface area contributed by atoms with Gasteiger partial charge in [0.15, 0.2) is 11.5 Å². The maximum absolute atomic E-state index is 12.0. The van der Waals surface area contributed by atoms with Gasteiger partial charge in [-0.3, -0.25) is 4.79 Å². The standard InChI is InChI=1S/C17H14ClNO4/c1-8(20)16-11-6-10(12(18)7-13(11)19-17(16)22)9-3-4-14(21)15(5-9)23-2/h3-7,20-21H,1-2H3,(H,19,22)/b16-8+. The van der Waals surface area contributed by atoms with Crippen LogP contribution in [0, 0.1) is 0 Å². The molecule has 1 aliphatic heterocycles. The maximum atomic E-state index is 12.0. The lowest BCUT2D eigenvalue weighted by molar-refractivity contribution is -0.110. The number of nitrogens with one attached hydrogen (secondary N) is 1. The largest absolute Gasteiger partial charge is 0.512 e. The number of aliphatic hydroxyl groups excluding tert-OH is 1. The molecule has 0 saturated heterocycles. The molecule has 3 rings (SSSR count). The summed E-state index contributed by atoms with van der Waals surface area (Å²) in [6.45, 7) is 1.46. The van der Waals surface area contributed by atoms with Gasteiger partial charge in [0, 0.05) is 11.1 Å².